The van der Waals surface area contributed by atoms with Crippen LogP contribution in [-0.2, 0) is 0 Å². The van der Waals surface area contributed by atoms with Gasteiger partial charge in [-0.15, -0.1) is 0 Å². The molecule has 2 heteroatoms. The van der Waals surface area contributed by atoms with Crippen LogP contribution >= 0.6 is 0 Å². The second-order valence-corrected chi connectivity index (χ2v) is 7.00. The van der Waals surface area contributed by atoms with Gasteiger partial charge in [-0.05, 0) is 49.3 Å². The minimum Gasteiger partial charge on any atom is -0.494 e. The molecule has 1 fully saturated rings. The van der Waals surface area contributed by atoms with Gasteiger partial charge in [-0.3, -0.25) is 0 Å². The van der Waals surface area contributed by atoms with Crippen molar-refractivity contribution < 1.29 is 4.74 Å². The number of ether oxygens (including phenoxy) is 1. The fraction of sp³-hybridized carbons (Fsp3) is 0.684. The summed E-state index contributed by atoms with van der Waals surface area (Å²) in [6.07, 6.45) is 8.06. The fourth-order valence-electron chi connectivity index (χ4n) is 3.35. The summed E-state index contributed by atoms with van der Waals surface area (Å²) in [5.74, 6) is 1.73. The minimum absolute atomic E-state index is 0.460. The summed E-state index contributed by atoms with van der Waals surface area (Å²) in [5.41, 5.74) is 0.460. The van der Waals surface area contributed by atoms with Crippen molar-refractivity contribution in [3.05, 3.63) is 30.3 Å². The van der Waals surface area contributed by atoms with Crippen LogP contribution in [0.2, 0.25) is 0 Å². The van der Waals surface area contributed by atoms with Crippen molar-refractivity contribution in [3.63, 3.8) is 0 Å². The van der Waals surface area contributed by atoms with Gasteiger partial charge >= 0.3 is 0 Å². The number of hydrogen-bond donors (Lipinski definition) is 1. The van der Waals surface area contributed by atoms with E-state index in [4.69, 9.17) is 4.74 Å². The molecule has 2 rings (SSSR count). The Balaban J connectivity index is 1.81. The predicted molar refractivity (Wildman–Crippen MR) is 89.8 cm³/mol. The Kier molecular flexibility index (Phi) is 6.56. The summed E-state index contributed by atoms with van der Waals surface area (Å²) in [6.45, 7) is 7.68. The van der Waals surface area contributed by atoms with Gasteiger partial charge in [0.25, 0.3) is 0 Å². The Labute approximate surface area is 130 Å². The minimum atomic E-state index is 0.460. The first kappa shape index (κ1) is 16.4. The summed E-state index contributed by atoms with van der Waals surface area (Å²) in [6, 6.07) is 10.2. The van der Waals surface area contributed by atoms with E-state index in [1.165, 1.54) is 38.5 Å². The maximum Gasteiger partial charge on any atom is 0.119 e. The second kappa shape index (κ2) is 8.43. The zero-order chi connectivity index (χ0) is 15.0. The molecule has 0 unspecified atom stereocenters. The topological polar surface area (TPSA) is 21.3 Å². The molecule has 0 saturated heterocycles. The molecule has 0 aliphatic heterocycles. The second-order valence-electron chi connectivity index (χ2n) is 7.00. The highest BCUT2D eigenvalue weighted by Gasteiger charge is 2.31. The van der Waals surface area contributed by atoms with E-state index < -0.39 is 0 Å². The van der Waals surface area contributed by atoms with Gasteiger partial charge in [0.05, 0.1) is 6.61 Å². The lowest BCUT2D eigenvalue weighted by Crippen LogP contribution is -2.38. The van der Waals surface area contributed by atoms with Crippen LogP contribution in [0.3, 0.4) is 0 Å². The molecule has 0 radical (unpaired) electrons. The van der Waals surface area contributed by atoms with Crippen LogP contribution in [0.4, 0.5) is 0 Å². The fourth-order valence-corrected chi connectivity index (χ4v) is 3.35. The molecule has 21 heavy (non-hydrogen) atoms. The van der Waals surface area contributed by atoms with Crippen LogP contribution < -0.4 is 10.1 Å². The molecule has 0 aromatic heterocycles. The molecule has 1 aliphatic carbocycles. The number of para-hydroxylation sites is 1. The van der Waals surface area contributed by atoms with Crippen molar-refractivity contribution in [2.45, 2.75) is 52.4 Å². The summed E-state index contributed by atoms with van der Waals surface area (Å²) in [7, 11) is 0. The van der Waals surface area contributed by atoms with E-state index >= 15 is 0 Å². The lowest BCUT2D eigenvalue weighted by Gasteiger charge is -2.38. The highest BCUT2D eigenvalue weighted by molar-refractivity contribution is 5.20. The molecular weight excluding hydrogens is 258 g/mol. The number of rotatable bonds is 8. The Morgan fingerprint density at radius 2 is 1.81 bits per heavy atom. The molecule has 1 saturated carbocycles. The lowest BCUT2D eigenvalue weighted by atomic mass is 9.72. The molecular formula is C19H31NO. The normalized spacial score (nSPS) is 17.9. The quantitative estimate of drug-likeness (QED) is 0.752. The summed E-state index contributed by atoms with van der Waals surface area (Å²) in [4.78, 5) is 0. The van der Waals surface area contributed by atoms with Crippen molar-refractivity contribution in [3.8, 4) is 5.75 Å². The third kappa shape index (κ3) is 5.70. The standard InChI is InChI=1S/C19H31NO/c1-17(2)15-20-16-19(11-7-4-8-12-19)13-14-21-18-9-5-3-6-10-18/h3,5-6,9-10,17,20H,4,7-8,11-16H2,1-2H3. The Hall–Kier alpha value is -1.02. The van der Waals surface area contributed by atoms with Gasteiger partial charge < -0.3 is 10.1 Å². The van der Waals surface area contributed by atoms with Gasteiger partial charge in [0.2, 0.25) is 0 Å². The predicted octanol–water partition coefficient (Wildman–Crippen LogP) is 4.65. The maximum absolute atomic E-state index is 5.93. The van der Waals surface area contributed by atoms with Crippen LogP contribution in [0, 0.1) is 11.3 Å². The van der Waals surface area contributed by atoms with Gasteiger partial charge in [0.15, 0.2) is 0 Å². The Morgan fingerprint density at radius 1 is 1.10 bits per heavy atom. The first-order valence-corrected chi connectivity index (χ1v) is 8.59. The first-order chi connectivity index (χ1) is 10.2. The highest BCUT2D eigenvalue weighted by atomic mass is 16.5. The van der Waals surface area contributed by atoms with Gasteiger partial charge in [-0.2, -0.15) is 0 Å². The van der Waals surface area contributed by atoms with Gasteiger partial charge in [0, 0.05) is 6.54 Å². The number of nitrogens with one attached hydrogen (secondary N) is 1. The Morgan fingerprint density at radius 3 is 2.48 bits per heavy atom. The van der Waals surface area contributed by atoms with Crippen molar-refractivity contribution >= 4 is 0 Å². The molecule has 1 aromatic rings. The van der Waals surface area contributed by atoms with E-state index in [1.54, 1.807) is 0 Å². The summed E-state index contributed by atoms with van der Waals surface area (Å²) in [5, 5.41) is 3.69. The van der Waals surface area contributed by atoms with Crippen LogP contribution in [-0.4, -0.2) is 19.7 Å². The average Bonchev–Trinajstić information content (AvgIpc) is 2.49. The first-order valence-electron chi connectivity index (χ1n) is 8.59. The van der Waals surface area contributed by atoms with E-state index in [9.17, 15) is 0 Å². The zero-order valence-electron chi connectivity index (χ0n) is 13.7. The molecule has 118 valence electrons. The van der Waals surface area contributed by atoms with Crippen LogP contribution in [0.15, 0.2) is 30.3 Å². The van der Waals surface area contributed by atoms with E-state index in [1.807, 2.05) is 30.3 Å². The smallest absolute Gasteiger partial charge is 0.119 e. The zero-order valence-corrected chi connectivity index (χ0v) is 13.7. The SMILES string of the molecule is CC(C)CNCC1(CCOc2ccccc2)CCCCC1. The highest BCUT2D eigenvalue weighted by Crippen LogP contribution is 2.38. The van der Waals surface area contributed by atoms with E-state index in [-0.39, 0.29) is 0 Å². The lowest BCUT2D eigenvalue weighted by molar-refractivity contribution is 0.133. The maximum atomic E-state index is 5.93. The molecule has 1 aromatic carbocycles. The molecule has 1 N–H and O–H groups in total. The molecule has 0 bridgehead atoms. The molecule has 0 spiro atoms. The van der Waals surface area contributed by atoms with Gasteiger partial charge in [-0.1, -0.05) is 51.3 Å². The van der Waals surface area contributed by atoms with Crippen LogP contribution in [0.1, 0.15) is 52.4 Å². The molecule has 0 atom stereocenters. The van der Waals surface area contributed by atoms with Crippen molar-refractivity contribution in [1.29, 1.82) is 0 Å². The van der Waals surface area contributed by atoms with Gasteiger partial charge in [0.1, 0.15) is 5.75 Å². The number of benzene rings is 1. The molecule has 0 heterocycles. The third-order valence-electron chi connectivity index (χ3n) is 4.61. The monoisotopic (exact) mass is 289 g/mol. The van der Waals surface area contributed by atoms with Crippen molar-refractivity contribution in [2.24, 2.45) is 11.3 Å². The van der Waals surface area contributed by atoms with Crippen LogP contribution in [0.5, 0.6) is 5.75 Å². The largest absolute Gasteiger partial charge is 0.494 e. The molecule has 2 nitrogen and oxygen atoms in total. The van der Waals surface area contributed by atoms with E-state index in [0.29, 0.717) is 5.41 Å². The summed E-state index contributed by atoms with van der Waals surface area (Å²) >= 11 is 0. The summed E-state index contributed by atoms with van der Waals surface area (Å²) < 4.78 is 5.93. The molecule has 0 amide bonds. The third-order valence-corrected chi connectivity index (χ3v) is 4.61. The Bertz CT molecular complexity index is 382. The van der Waals surface area contributed by atoms with E-state index in [2.05, 4.69) is 19.2 Å². The van der Waals surface area contributed by atoms with E-state index in [0.717, 1.165) is 31.4 Å². The van der Waals surface area contributed by atoms with Crippen molar-refractivity contribution in [2.75, 3.05) is 19.7 Å². The number of hydrogen-bond acceptors (Lipinski definition) is 2. The van der Waals surface area contributed by atoms with Gasteiger partial charge in [-0.25, -0.2) is 0 Å². The van der Waals surface area contributed by atoms with Crippen molar-refractivity contribution in [1.82, 2.24) is 5.32 Å². The van der Waals surface area contributed by atoms with Crippen LogP contribution in [0.25, 0.3) is 0 Å². The average molecular weight is 289 g/mol. The molecule has 1 aliphatic rings.